The van der Waals surface area contributed by atoms with Gasteiger partial charge in [-0.1, -0.05) is 79.1 Å². The standard InChI is InChI=1S/C31H54O4/c1-10-33-31-26(25(6)27(32)29(8)30(31,9)35-29)19-21-28(7,34-31)20-13-18-24(5)17-12-16-23(4)15-11-14-22(2)3/h22-24H,10-21H2,1-9H3/t23-,24-,28-,29?,30?,31?/m1/s1. The lowest BCUT2D eigenvalue weighted by molar-refractivity contribution is -0.307. The minimum Gasteiger partial charge on any atom is -0.348 e. The Morgan fingerprint density at radius 2 is 1.46 bits per heavy atom. The summed E-state index contributed by atoms with van der Waals surface area (Å²) in [5, 5.41) is 0. The summed E-state index contributed by atoms with van der Waals surface area (Å²) in [6, 6.07) is 0. The third kappa shape index (κ3) is 5.60. The molecule has 202 valence electrons. The molecule has 0 N–H and O–H groups in total. The maximum atomic E-state index is 13.0. The van der Waals surface area contributed by atoms with Gasteiger partial charge in [-0.2, -0.15) is 0 Å². The molecule has 0 saturated carbocycles. The van der Waals surface area contributed by atoms with E-state index in [0.717, 1.165) is 54.6 Å². The monoisotopic (exact) mass is 490 g/mol. The Balaban J connectivity index is 1.51. The van der Waals surface area contributed by atoms with E-state index in [-0.39, 0.29) is 11.4 Å². The lowest BCUT2D eigenvalue weighted by atomic mass is 9.68. The largest absolute Gasteiger partial charge is 0.348 e. The zero-order valence-electron chi connectivity index (χ0n) is 24.4. The first kappa shape index (κ1) is 28.9. The van der Waals surface area contributed by atoms with E-state index in [1.807, 2.05) is 27.7 Å². The number of ether oxygens (including phenoxy) is 3. The smallest absolute Gasteiger partial charge is 0.225 e. The van der Waals surface area contributed by atoms with Crippen LogP contribution < -0.4 is 0 Å². The van der Waals surface area contributed by atoms with Crippen LogP contribution in [0.5, 0.6) is 0 Å². The van der Waals surface area contributed by atoms with Gasteiger partial charge in [0.25, 0.3) is 0 Å². The molecule has 2 fully saturated rings. The van der Waals surface area contributed by atoms with Crippen LogP contribution >= 0.6 is 0 Å². The van der Waals surface area contributed by atoms with E-state index in [4.69, 9.17) is 14.2 Å². The van der Waals surface area contributed by atoms with Crippen LogP contribution in [-0.2, 0) is 19.0 Å². The van der Waals surface area contributed by atoms with Gasteiger partial charge in [0, 0.05) is 6.61 Å². The van der Waals surface area contributed by atoms with Gasteiger partial charge >= 0.3 is 0 Å². The Morgan fingerprint density at radius 3 is 2.03 bits per heavy atom. The molecule has 0 aromatic heterocycles. The van der Waals surface area contributed by atoms with Gasteiger partial charge in [0.1, 0.15) is 0 Å². The van der Waals surface area contributed by atoms with E-state index in [1.165, 1.54) is 44.9 Å². The number of hydrogen-bond donors (Lipinski definition) is 0. The first-order valence-electron chi connectivity index (χ1n) is 14.6. The number of hydrogen-bond acceptors (Lipinski definition) is 4. The quantitative estimate of drug-likeness (QED) is 0.230. The van der Waals surface area contributed by atoms with Crippen LogP contribution in [0.2, 0.25) is 0 Å². The summed E-state index contributed by atoms with van der Waals surface area (Å²) in [5.41, 5.74) is -0.0583. The van der Waals surface area contributed by atoms with Crippen molar-refractivity contribution in [3.63, 3.8) is 0 Å². The highest BCUT2D eigenvalue weighted by Gasteiger charge is 2.83. The van der Waals surface area contributed by atoms with Gasteiger partial charge in [-0.25, -0.2) is 0 Å². The molecule has 3 unspecified atom stereocenters. The van der Waals surface area contributed by atoms with Crippen molar-refractivity contribution in [3.05, 3.63) is 11.1 Å². The fourth-order valence-electron chi connectivity index (χ4n) is 6.79. The SMILES string of the molecule is CCOC12O[C@](C)(CCC[C@H](C)CCC[C@H](C)CCCC(C)C)CCC1=C(C)C(=O)C1(C)OC12C. The number of Topliss-reactive ketones (excluding diaryl/α,β-unsaturated/α-hetero) is 1. The third-order valence-corrected chi connectivity index (χ3v) is 9.45. The Bertz CT molecular complexity index is 787. The first-order valence-corrected chi connectivity index (χ1v) is 14.6. The van der Waals surface area contributed by atoms with E-state index in [0.29, 0.717) is 6.61 Å². The molecule has 1 aliphatic carbocycles. The van der Waals surface area contributed by atoms with Crippen LogP contribution in [0, 0.1) is 17.8 Å². The van der Waals surface area contributed by atoms with Gasteiger partial charge in [0.2, 0.25) is 5.79 Å². The molecule has 0 bridgehead atoms. The summed E-state index contributed by atoms with van der Waals surface area (Å²) in [6.45, 7) is 20.1. The van der Waals surface area contributed by atoms with E-state index < -0.39 is 17.0 Å². The van der Waals surface area contributed by atoms with Crippen molar-refractivity contribution in [3.8, 4) is 0 Å². The predicted octanol–water partition coefficient (Wildman–Crippen LogP) is 8.17. The van der Waals surface area contributed by atoms with Gasteiger partial charge in [0.15, 0.2) is 17.0 Å². The molecule has 4 heteroatoms. The predicted molar refractivity (Wildman–Crippen MR) is 143 cm³/mol. The zero-order valence-corrected chi connectivity index (χ0v) is 24.4. The van der Waals surface area contributed by atoms with E-state index in [2.05, 4.69) is 34.6 Å². The van der Waals surface area contributed by atoms with Crippen LogP contribution in [0.15, 0.2) is 11.1 Å². The van der Waals surface area contributed by atoms with Gasteiger partial charge in [-0.15, -0.1) is 0 Å². The lowest BCUT2D eigenvalue weighted by Gasteiger charge is -2.52. The Morgan fingerprint density at radius 1 is 0.886 bits per heavy atom. The van der Waals surface area contributed by atoms with E-state index >= 15 is 0 Å². The van der Waals surface area contributed by atoms with Crippen LogP contribution in [0.1, 0.15) is 133 Å². The fourth-order valence-corrected chi connectivity index (χ4v) is 6.79. The second-order valence-corrected chi connectivity index (χ2v) is 13.1. The van der Waals surface area contributed by atoms with Crippen molar-refractivity contribution in [2.24, 2.45) is 17.8 Å². The highest BCUT2D eigenvalue weighted by atomic mass is 16.8. The maximum absolute atomic E-state index is 13.0. The number of carbonyl (C=O) groups is 1. The molecule has 3 aliphatic rings. The van der Waals surface area contributed by atoms with E-state index in [9.17, 15) is 4.79 Å². The number of ketones is 1. The molecular weight excluding hydrogens is 436 g/mol. The number of rotatable bonds is 14. The molecule has 0 radical (unpaired) electrons. The van der Waals surface area contributed by atoms with Crippen molar-refractivity contribution in [1.82, 2.24) is 0 Å². The summed E-state index contributed by atoms with van der Waals surface area (Å²) in [4.78, 5) is 13.0. The average molecular weight is 491 g/mol. The molecule has 0 aromatic carbocycles. The Kier molecular flexibility index (Phi) is 9.03. The summed E-state index contributed by atoms with van der Waals surface area (Å²) < 4.78 is 19.5. The minimum absolute atomic E-state index is 0.0978. The normalized spacial score (nSPS) is 36.2. The van der Waals surface area contributed by atoms with Crippen molar-refractivity contribution < 1.29 is 19.0 Å². The van der Waals surface area contributed by atoms with Crippen molar-refractivity contribution in [2.75, 3.05) is 6.61 Å². The summed E-state index contributed by atoms with van der Waals surface area (Å²) >= 11 is 0. The molecule has 2 heterocycles. The number of epoxide rings is 1. The molecule has 2 saturated heterocycles. The summed E-state index contributed by atoms with van der Waals surface area (Å²) in [6.07, 6.45) is 13.4. The van der Waals surface area contributed by atoms with Crippen LogP contribution in [0.4, 0.5) is 0 Å². The molecule has 0 spiro atoms. The number of carbonyl (C=O) groups excluding carboxylic acids is 1. The van der Waals surface area contributed by atoms with Gasteiger partial charge in [-0.05, 0) is 82.8 Å². The summed E-state index contributed by atoms with van der Waals surface area (Å²) in [5.74, 6) is 1.59. The zero-order chi connectivity index (χ0) is 26.1. The highest BCUT2D eigenvalue weighted by Crippen LogP contribution is 2.66. The van der Waals surface area contributed by atoms with E-state index in [1.54, 1.807) is 0 Å². The first-order chi connectivity index (χ1) is 16.3. The molecule has 0 amide bonds. The van der Waals surface area contributed by atoms with Crippen molar-refractivity contribution >= 4 is 5.78 Å². The van der Waals surface area contributed by atoms with Gasteiger partial charge in [0.05, 0.1) is 5.60 Å². The molecular formula is C31H54O4. The van der Waals surface area contributed by atoms with Crippen molar-refractivity contribution in [2.45, 2.75) is 156 Å². The number of fused-ring (bicyclic) bond motifs is 3. The van der Waals surface area contributed by atoms with Gasteiger partial charge < -0.3 is 14.2 Å². The third-order valence-electron chi connectivity index (χ3n) is 9.45. The van der Waals surface area contributed by atoms with Crippen molar-refractivity contribution in [1.29, 1.82) is 0 Å². The van der Waals surface area contributed by atoms with Gasteiger partial charge in [-0.3, -0.25) is 4.79 Å². The lowest BCUT2D eigenvalue weighted by Crippen LogP contribution is -2.63. The highest BCUT2D eigenvalue weighted by molar-refractivity contribution is 6.07. The molecule has 35 heavy (non-hydrogen) atoms. The maximum Gasteiger partial charge on any atom is 0.225 e. The second kappa shape index (κ2) is 11.0. The topological polar surface area (TPSA) is 48.1 Å². The van der Waals surface area contributed by atoms with Crippen LogP contribution in [-0.4, -0.2) is 35.0 Å². The fraction of sp³-hybridized carbons (Fsp3) is 0.903. The molecule has 3 rings (SSSR count). The molecule has 2 aliphatic heterocycles. The van der Waals surface area contributed by atoms with Crippen LogP contribution in [0.3, 0.4) is 0 Å². The molecule has 6 atom stereocenters. The van der Waals surface area contributed by atoms with Crippen LogP contribution in [0.25, 0.3) is 0 Å². The molecule has 0 aromatic rings. The Hall–Kier alpha value is -0.710. The summed E-state index contributed by atoms with van der Waals surface area (Å²) in [7, 11) is 0. The average Bonchev–Trinajstić information content (AvgIpc) is 3.37. The minimum atomic E-state index is -0.946. The second-order valence-electron chi connectivity index (χ2n) is 13.1. The molecule has 4 nitrogen and oxygen atoms in total. The Labute approximate surface area is 215 Å².